The first-order valence-corrected chi connectivity index (χ1v) is 9.99. The molecule has 0 radical (unpaired) electrons. The van der Waals surface area contributed by atoms with Gasteiger partial charge in [0.15, 0.2) is 0 Å². The van der Waals surface area contributed by atoms with E-state index in [2.05, 4.69) is 42.5 Å². The number of nitrogens with one attached hydrogen (secondary N) is 1. The van der Waals surface area contributed by atoms with Gasteiger partial charge in [-0.2, -0.15) is 5.10 Å². The van der Waals surface area contributed by atoms with Crippen LogP contribution in [0.25, 0.3) is 11.3 Å². The lowest BCUT2D eigenvalue weighted by atomic mass is 10.0. The Kier molecular flexibility index (Phi) is 6.95. The van der Waals surface area contributed by atoms with Crippen LogP contribution in [0.5, 0.6) is 0 Å². The van der Waals surface area contributed by atoms with Crippen LogP contribution in [-0.2, 0) is 17.8 Å². The number of aromatic nitrogens is 2. The Morgan fingerprint density at radius 1 is 1.00 bits per heavy atom. The lowest BCUT2D eigenvalue weighted by Crippen LogP contribution is -2.29. The zero-order chi connectivity index (χ0) is 20.6. The smallest absolute Gasteiger partial charge is 0.266 e. The van der Waals surface area contributed by atoms with Crippen LogP contribution in [0.4, 0.5) is 0 Å². The van der Waals surface area contributed by atoms with Gasteiger partial charge in [-0.25, -0.2) is 4.68 Å². The van der Waals surface area contributed by atoms with Crippen LogP contribution < -0.4 is 10.9 Å². The quantitative estimate of drug-likeness (QED) is 0.598. The second-order valence-electron chi connectivity index (χ2n) is 7.27. The molecular formula is C24H27N3O2. The molecule has 0 spiro atoms. The van der Waals surface area contributed by atoms with Crippen molar-refractivity contribution >= 4 is 5.91 Å². The van der Waals surface area contributed by atoms with Crippen LogP contribution in [0.15, 0.2) is 65.5 Å². The number of carbonyl (C=O) groups is 1. The van der Waals surface area contributed by atoms with Crippen molar-refractivity contribution in [3.63, 3.8) is 0 Å². The zero-order valence-corrected chi connectivity index (χ0v) is 17.0. The molecule has 5 nitrogen and oxygen atoms in total. The summed E-state index contributed by atoms with van der Waals surface area (Å²) in [5.74, 6) is -0.0663. The Labute approximate surface area is 171 Å². The third kappa shape index (κ3) is 5.88. The number of carbonyl (C=O) groups excluding carboxylic acids is 1. The van der Waals surface area contributed by atoms with Gasteiger partial charge in [-0.05, 0) is 55.5 Å². The fourth-order valence-corrected chi connectivity index (χ4v) is 3.12. The van der Waals surface area contributed by atoms with Gasteiger partial charge < -0.3 is 5.32 Å². The minimum atomic E-state index is -0.200. The van der Waals surface area contributed by atoms with Crippen molar-refractivity contribution in [2.75, 3.05) is 6.54 Å². The van der Waals surface area contributed by atoms with E-state index in [0.29, 0.717) is 6.54 Å². The monoisotopic (exact) mass is 389 g/mol. The van der Waals surface area contributed by atoms with Crippen molar-refractivity contribution < 1.29 is 4.79 Å². The molecule has 0 aliphatic carbocycles. The van der Waals surface area contributed by atoms with Crippen LogP contribution in [0.1, 0.15) is 29.5 Å². The molecule has 3 aromatic rings. The number of nitrogens with zero attached hydrogens (tertiary/aromatic N) is 2. The summed E-state index contributed by atoms with van der Waals surface area (Å²) in [6.07, 6.45) is 2.05. The second kappa shape index (κ2) is 9.82. The SMILES string of the molecule is Cc1ccc(-c2ccc(=O)n(CCC(=O)NCCCc3ccccc3)n2)cc1C. The highest BCUT2D eigenvalue weighted by molar-refractivity contribution is 5.75. The van der Waals surface area contributed by atoms with Crippen molar-refractivity contribution in [2.45, 2.75) is 39.7 Å². The van der Waals surface area contributed by atoms with Crippen molar-refractivity contribution in [3.05, 3.63) is 87.7 Å². The van der Waals surface area contributed by atoms with Gasteiger partial charge in [-0.1, -0.05) is 42.5 Å². The largest absolute Gasteiger partial charge is 0.356 e. The number of amides is 1. The molecule has 0 aliphatic heterocycles. The van der Waals surface area contributed by atoms with Crippen LogP contribution in [-0.4, -0.2) is 22.2 Å². The van der Waals surface area contributed by atoms with Gasteiger partial charge in [0.25, 0.3) is 5.56 Å². The highest BCUT2D eigenvalue weighted by Gasteiger charge is 2.07. The summed E-state index contributed by atoms with van der Waals surface area (Å²) >= 11 is 0. The van der Waals surface area contributed by atoms with Gasteiger partial charge in [0.2, 0.25) is 5.91 Å². The molecule has 1 aromatic heterocycles. The number of hydrogen-bond donors (Lipinski definition) is 1. The minimum Gasteiger partial charge on any atom is -0.356 e. The Morgan fingerprint density at radius 3 is 2.55 bits per heavy atom. The summed E-state index contributed by atoms with van der Waals surface area (Å²) in [5, 5.41) is 7.37. The second-order valence-corrected chi connectivity index (χ2v) is 7.27. The van der Waals surface area contributed by atoms with Crippen molar-refractivity contribution in [3.8, 4) is 11.3 Å². The van der Waals surface area contributed by atoms with Crippen molar-refractivity contribution in [2.24, 2.45) is 0 Å². The van der Waals surface area contributed by atoms with Gasteiger partial charge >= 0.3 is 0 Å². The molecule has 0 atom stereocenters. The Balaban J connectivity index is 1.52. The Bertz CT molecular complexity index is 1030. The van der Waals surface area contributed by atoms with E-state index in [4.69, 9.17) is 0 Å². The van der Waals surface area contributed by atoms with Crippen LogP contribution in [0.3, 0.4) is 0 Å². The standard InChI is InChI=1S/C24H27N3O2/c1-18-10-11-21(17-19(18)2)22-12-13-24(29)27(26-22)16-14-23(28)25-15-6-9-20-7-4-3-5-8-20/h3-5,7-8,10-13,17H,6,9,14-16H2,1-2H3,(H,25,28). The number of aryl methyl sites for hydroxylation is 4. The highest BCUT2D eigenvalue weighted by atomic mass is 16.2. The van der Waals surface area contributed by atoms with E-state index in [-0.39, 0.29) is 24.4 Å². The van der Waals surface area contributed by atoms with E-state index >= 15 is 0 Å². The molecule has 29 heavy (non-hydrogen) atoms. The van der Waals surface area contributed by atoms with E-state index in [0.717, 1.165) is 24.1 Å². The maximum atomic E-state index is 12.1. The summed E-state index contributed by atoms with van der Waals surface area (Å²) in [5.41, 5.74) is 5.15. The first-order chi connectivity index (χ1) is 14.0. The van der Waals surface area contributed by atoms with E-state index in [1.54, 1.807) is 6.07 Å². The summed E-state index contributed by atoms with van der Waals surface area (Å²) in [6, 6.07) is 19.5. The van der Waals surface area contributed by atoms with Crippen LogP contribution in [0, 0.1) is 13.8 Å². The summed E-state index contributed by atoms with van der Waals surface area (Å²) in [7, 11) is 0. The fourth-order valence-electron chi connectivity index (χ4n) is 3.12. The fraction of sp³-hybridized carbons (Fsp3) is 0.292. The molecule has 5 heteroatoms. The van der Waals surface area contributed by atoms with Gasteiger partial charge in [-0.3, -0.25) is 9.59 Å². The van der Waals surface area contributed by atoms with E-state index in [1.807, 2.05) is 30.3 Å². The van der Waals surface area contributed by atoms with E-state index in [9.17, 15) is 9.59 Å². The average molecular weight is 389 g/mol. The van der Waals surface area contributed by atoms with Crippen LogP contribution >= 0.6 is 0 Å². The van der Waals surface area contributed by atoms with Crippen molar-refractivity contribution in [1.29, 1.82) is 0 Å². The van der Waals surface area contributed by atoms with Gasteiger partial charge in [0, 0.05) is 24.6 Å². The lowest BCUT2D eigenvalue weighted by Gasteiger charge is -2.09. The molecule has 1 amide bonds. The van der Waals surface area contributed by atoms with Gasteiger partial charge in [0.05, 0.1) is 12.2 Å². The number of benzene rings is 2. The molecule has 0 fully saturated rings. The maximum Gasteiger partial charge on any atom is 0.266 e. The van der Waals surface area contributed by atoms with Crippen molar-refractivity contribution in [1.82, 2.24) is 15.1 Å². The third-order valence-corrected chi connectivity index (χ3v) is 5.03. The molecule has 0 aliphatic rings. The molecule has 1 N–H and O–H groups in total. The molecule has 0 unspecified atom stereocenters. The summed E-state index contributed by atoms with van der Waals surface area (Å²) in [6.45, 7) is 5.00. The first-order valence-electron chi connectivity index (χ1n) is 9.99. The van der Waals surface area contributed by atoms with Gasteiger partial charge in [0.1, 0.15) is 0 Å². The lowest BCUT2D eigenvalue weighted by molar-refractivity contribution is -0.121. The Morgan fingerprint density at radius 2 is 1.79 bits per heavy atom. The molecule has 150 valence electrons. The maximum absolute atomic E-state index is 12.1. The normalized spacial score (nSPS) is 10.7. The molecule has 0 saturated carbocycles. The van der Waals surface area contributed by atoms with E-state index in [1.165, 1.54) is 27.4 Å². The number of hydrogen-bond acceptors (Lipinski definition) is 3. The molecule has 2 aromatic carbocycles. The predicted molar refractivity (Wildman–Crippen MR) is 116 cm³/mol. The van der Waals surface area contributed by atoms with Crippen LogP contribution in [0.2, 0.25) is 0 Å². The molecular weight excluding hydrogens is 362 g/mol. The summed E-state index contributed by atoms with van der Waals surface area (Å²) in [4.78, 5) is 24.2. The molecule has 0 bridgehead atoms. The topological polar surface area (TPSA) is 64.0 Å². The Hall–Kier alpha value is -3.21. The minimum absolute atomic E-state index is 0.0663. The first kappa shape index (κ1) is 20.5. The van der Waals surface area contributed by atoms with E-state index < -0.39 is 0 Å². The summed E-state index contributed by atoms with van der Waals surface area (Å²) < 4.78 is 1.37. The zero-order valence-electron chi connectivity index (χ0n) is 17.0. The molecule has 0 saturated heterocycles. The number of rotatable bonds is 8. The molecule has 3 rings (SSSR count). The third-order valence-electron chi connectivity index (χ3n) is 5.03. The highest BCUT2D eigenvalue weighted by Crippen LogP contribution is 2.19. The average Bonchev–Trinajstić information content (AvgIpc) is 2.73. The molecule has 1 heterocycles. The predicted octanol–water partition coefficient (Wildman–Crippen LogP) is 3.67. The van der Waals surface area contributed by atoms with Gasteiger partial charge in [-0.15, -0.1) is 0 Å².